The van der Waals surface area contributed by atoms with Crippen LogP contribution in [0.25, 0.3) is 22.3 Å². The first-order valence-corrected chi connectivity index (χ1v) is 19.3. The number of rotatable bonds is 6. The molecule has 0 atom stereocenters. The zero-order valence-corrected chi connectivity index (χ0v) is 32.8. The lowest BCUT2D eigenvalue weighted by Crippen LogP contribution is -2.18. The van der Waals surface area contributed by atoms with Gasteiger partial charge in [-0.2, -0.15) is 0 Å². The molecule has 7 aromatic rings. The van der Waals surface area contributed by atoms with Gasteiger partial charge in [0, 0.05) is 45.0 Å². The number of nitrogens with zero attached hydrogens (tertiary/aromatic N) is 2. The zero-order chi connectivity index (χ0) is 37.5. The molecular weight excluding hydrogens is 653 g/mol. The summed E-state index contributed by atoms with van der Waals surface area (Å²) in [7, 11) is 0. The van der Waals surface area contributed by atoms with E-state index < -0.39 is 0 Å². The molecule has 7 aromatic carbocycles. The molecule has 0 bridgehead atoms. The van der Waals surface area contributed by atoms with E-state index in [4.69, 9.17) is 0 Å². The van der Waals surface area contributed by atoms with Crippen molar-refractivity contribution < 1.29 is 0 Å². The SMILES string of the molecule is Cc1cccc(N(c2cccc(C)c2)c2ccc3c(c2)C(C)(C)c2cc4c(cc2-3)C(C)(C)c2cc(N(c3cccc(C)c3)c3cccc(C)c3)ccc2-4)c1. The number of anilines is 6. The Labute approximate surface area is 321 Å². The van der Waals surface area contributed by atoms with Gasteiger partial charge in [0.2, 0.25) is 0 Å². The average Bonchev–Trinajstić information content (AvgIpc) is 3.50. The minimum absolute atomic E-state index is 0.166. The van der Waals surface area contributed by atoms with Crippen molar-refractivity contribution in [3.05, 3.63) is 190 Å². The normalized spacial score (nSPS) is 14.2. The molecule has 0 aromatic heterocycles. The lowest BCUT2D eigenvalue weighted by molar-refractivity contribution is 0.652. The van der Waals surface area contributed by atoms with Gasteiger partial charge in [-0.05, 0) is 179 Å². The first-order chi connectivity index (χ1) is 25.9. The number of fused-ring (bicyclic) bond motifs is 6. The molecule has 0 aliphatic heterocycles. The summed E-state index contributed by atoms with van der Waals surface area (Å²) in [6.07, 6.45) is 0. The second-order valence-corrected chi connectivity index (χ2v) is 16.7. The van der Waals surface area contributed by atoms with Crippen LogP contribution in [0.2, 0.25) is 0 Å². The molecule has 0 spiro atoms. The van der Waals surface area contributed by atoms with Crippen LogP contribution < -0.4 is 9.80 Å². The molecule has 0 N–H and O–H groups in total. The van der Waals surface area contributed by atoms with E-state index in [0.29, 0.717) is 0 Å². The first kappa shape index (κ1) is 33.9. The maximum Gasteiger partial charge on any atom is 0.0465 e. The summed E-state index contributed by atoms with van der Waals surface area (Å²) in [5.74, 6) is 0. The molecule has 0 radical (unpaired) electrons. The molecule has 0 unspecified atom stereocenters. The third-order valence-corrected chi connectivity index (χ3v) is 12.0. The molecule has 0 heterocycles. The molecule has 2 aliphatic carbocycles. The number of hydrogen-bond acceptors (Lipinski definition) is 2. The molecule has 0 amide bonds. The van der Waals surface area contributed by atoms with Crippen LogP contribution in [0.15, 0.2) is 146 Å². The van der Waals surface area contributed by atoms with Crippen LogP contribution >= 0.6 is 0 Å². The summed E-state index contributed by atoms with van der Waals surface area (Å²) in [5, 5.41) is 0. The quantitative estimate of drug-likeness (QED) is 0.170. The van der Waals surface area contributed by atoms with Crippen LogP contribution in [0.3, 0.4) is 0 Å². The summed E-state index contributed by atoms with van der Waals surface area (Å²) in [6, 6.07) is 54.7. The van der Waals surface area contributed by atoms with Gasteiger partial charge >= 0.3 is 0 Å². The highest BCUT2D eigenvalue weighted by Gasteiger charge is 2.42. The second kappa shape index (κ2) is 12.4. The summed E-state index contributed by atoms with van der Waals surface area (Å²) < 4.78 is 0. The minimum atomic E-state index is -0.166. The first-order valence-electron chi connectivity index (χ1n) is 19.3. The predicted octanol–water partition coefficient (Wildman–Crippen LogP) is 14.5. The van der Waals surface area contributed by atoms with Crippen LogP contribution in [-0.4, -0.2) is 0 Å². The van der Waals surface area contributed by atoms with E-state index in [-0.39, 0.29) is 10.8 Å². The topological polar surface area (TPSA) is 6.48 Å². The van der Waals surface area contributed by atoms with Crippen LogP contribution in [0.4, 0.5) is 34.1 Å². The monoisotopic (exact) mass is 700 g/mol. The van der Waals surface area contributed by atoms with E-state index in [1.165, 1.54) is 101 Å². The van der Waals surface area contributed by atoms with Crippen molar-refractivity contribution in [2.45, 2.75) is 66.2 Å². The number of aryl methyl sites for hydroxylation is 4. The van der Waals surface area contributed by atoms with Crippen molar-refractivity contribution in [2.24, 2.45) is 0 Å². The Kier molecular flexibility index (Phi) is 7.76. The Morgan fingerprint density at radius 1 is 0.296 bits per heavy atom. The summed E-state index contributed by atoms with van der Waals surface area (Å²) in [6.45, 7) is 18.3. The summed E-state index contributed by atoms with van der Waals surface area (Å²) in [5.41, 5.74) is 22.7. The van der Waals surface area contributed by atoms with Crippen molar-refractivity contribution in [1.29, 1.82) is 0 Å². The highest BCUT2D eigenvalue weighted by atomic mass is 15.1. The molecule has 54 heavy (non-hydrogen) atoms. The summed E-state index contributed by atoms with van der Waals surface area (Å²) >= 11 is 0. The lowest BCUT2D eigenvalue weighted by atomic mass is 9.79. The van der Waals surface area contributed by atoms with Gasteiger partial charge in [0.1, 0.15) is 0 Å². The summed E-state index contributed by atoms with van der Waals surface area (Å²) in [4.78, 5) is 4.82. The standard InChI is InChI=1S/C52H48N2/c1-33-13-9-17-37(25-33)53(38-18-10-14-34(2)26-38)41-21-23-43-45-31-50-46(32-49(45)51(5,6)47(43)29-41)44-24-22-42(30-48(44)52(50,7)8)54(39-19-11-15-35(3)27-39)40-20-12-16-36(4)28-40/h9-32H,1-8H3. The Balaban J connectivity index is 1.15. The molecule has 0 saturated carbocycles. The average molecular weight is 701 g/mol. The van der Waals surface area contributed by atoms with Crippen molar-refractivity contribution in [3.8, 4) is 22.3 Å². The number of benzene rings is 7. The van der Waals surface area contributed by atoms with Crippen LogP contribution in [0.1, 0.15) is 72.2 Å². The fourth-order valence-electron chi connectivity index (χ4n) is 9.18. The van der Waals surface area contributed by atoms with E-state index in [1.807, 2.05) is 0 Å². The largest absolute Gasteiger partial charge is 0.310 e. The maximum absolute atomic E-state index is 2.52. The Morgan fingerprint density at radius 2 is 0.574 bits per heavy atom. The fourth-order valence-corrected chi connectivity index (χ4v) is 9.18. The maximum atomic E-state index is 2.52. The smallest absolute Gasteiger partial charge is 0.0465 e. The van der Waals surface area contributed by atoms with Gasteiger partial charge in [-0.15, -0.1) is 0 Å². The highest BCUT2D eigenvalue weighted by molar-refractivity contribution is 5.92. The Bertz CT molecular complexity index is 2350. The molecule has 2 heteroatoms. The molecule has 2 aliphatic rings. The number of hydrogen-bond donors (Lipinski definition) is 0. The van der Waals surface area contributed by atoms with E-state index >= 15 is 0 Å². The van der Waals surface area contributed by atoms with Crippen LogP contribution in [-0.2, 0) is 10.8 Å². The third kappa shape index (κ3) is 5.38. The van der Waals surface area contributed by atoms with E-state index in [9.17, 15) is 0 Å². The lowest BCUT2D eigenvalue weighted by Gasteiger charge is -2.28. The second-order valence-electron chi connectivity index (χ2n) is 16.7. The van der Waals surface area contributed by atoms with Crippen molar-refractivity contribution in [2.75, 3.05) is 9.80 Å². The predicted molar refractivity (Wildman–Crippen MR) is 230 cm³/mol. The third-order valence-electron chi connectivity index (χ3n) is 12.0. The molecule has 2 nitrogen and oxygen atoms in total. The van der Waals surface area contributed by atoms with E-state index in [0.717, 1.165) is 0 Å². The molecule has 0 fully saturated rings. The zero-order valence-electron chi connectivity index (χ0n) is 32.8. The van der Waals surface area contributed by atoms with Crippen molar-refractivity contribution >= 4 is 34.1 Å². The fraction of sp³-hybridized carbons (Fsp3) is 0.192. The van der Waals surface area contributed by atoms with Crippen LogP contribution in [0, 0.1) is 27.7 Å². The molecular formula is C52H48N2. The van der Waals surface area contributed by atoms with Gasteiger partial charge in [0.05, 0.1) is 0 Å². The minimum Gasteiger partial charge on any atom is -0.310 e. The van der Waals surface area contributed by atoms with Crippen molar-refractivity contribution in [3.63, 3.8) is 0 Å². The van der Waals surface area contributed by atoms with Gasteiger partial charge in [0.25, 0.3) is 0 Å². The Morgan fingerprint density at radius 3 is 0.870 bits per heavy atom. The molecule has 0 saturated heterocycles. The van der Waals surface area contributed by atoms with Gasteiger partial charge in [-0.25, -0.2) is 0 Å². The molecule has 266 valence electrons. The molecule has 9 rings (SSSR count). The van der Waals surface area contributed by atoms with Gasteiger partial charge in [-0.1, -0.05) is 88.4 Å². The van der Waals surface area contributed by atoms with Crippen LogP contribution in [0.5, 0.6) is 0 Å². The highest BCUT2D eigenvalue weighted by Crippen LogP contribution is 2.57. The van der Waals surface area contributed by atoms with Gasteiger partial charge < -0.3 is 9.80 Å². The van der Waals surface area contributed by atoms with Gasteiger partial charge in [0.15, 0.2) is 0 Å². The van der Waals surface area contributed by atoms with Gasteiger partial charge in [-0.3, -0.25) is 0 Å². The Hall–Kier alpha value is -5.86. The van der Waals surface area contributed by atoms with E-state index in [2.05, 4.69) is 211 Å². The van der Waals surface area contributed by atoms with Crippen molar-refractivity contribution in [1.82, 2.24) is 0 Å². The van der Waals surface area contributed by atoms with E-state index in [1.54, 1.807) is 0 Å².